The maximum Gasteiger partial charge on any atom is 0.0660 e. The Balaban J connectivity index is 2.39. The molecule has 0 radical (unpaired) electrons. The lowest BCUT2D eigenvalue weighted by Crippen LogP contribution is -2.09. The number of aromatic nitrogens is 2. The lowest BCUT2D eigenvalue weighted by atomic mass is 9.90. The van der Waals surface area contributed by atoms with Gasteiger partial charge in [0.2, 0.25) is 0 Å². The van der Waals surface area contributed by atoms with Crippen molar-refractivity contribution >= 4 is 11.6 Å². The van der Waals surface area contributed by atoms with Crippen molar-refractivity contribution in [3.63, 3.8) is 0 Å². The third-order valence-electron chi connectivity index (χ3n) is 2.52. The summed E-state index contributed by atoms with van der Waals surface area (Å²) in [6.07, 6.45) is 3.95. The average molecular weight is 235 g/mol. The second-order valence-corrected chi connectivity index (χ2v) is 5.34. The summed E-state index contributed by atoms with van der Waals surface area (Å²) in [4.78, 5) is 0. The van der Waals surface area contributed by atoms with Crippen LogP contribution in [0.3, 0.4) is 0 Å². The molecule has 0 spiro atoms. The minimum atomic E-state index is 0.122. The van der Waals surface area contributed by atoms with Gasteiger partial charge >= 0.3 is 0 Å². The van der Waals surface area contributed by atoms with Crippen LogP contribution in [0, 0.1) is 0 Å². The van der Waals surface area contributed by atoms with Crippen LogP contribution in [-0.4, -0.2) is 9.78 Å². The third kappa shape index (κ3) is 2.27. The fourth-order valence-electron chi connectivity index (χ4n) is 1.47. The van der Waals surface area contributed by atoms with Gasteiger partial charge in [0.25, 0.3) is 0 Å². The predicted molar refractivity (Wildman–Crippen MR) is 67.3 cm³/mol. The maximum atomic E-state index is 5.95. The second kappa shape index (κ2) is 3.95. The molecule has 0 fully saturated rings. The lowest BCUT2D eigenvalue weighted by molar-refractivity contribution is 0.590. The van der Waals surface area contributed by atoms with Crippen LogP contribution in [0.1, 0.15) is 26.3 Å². The van der Waals surface area contributed by atoms with E-state index >= 15 is 0 Å². The minimum absolute atomic E-state index is 0.122. The number of rotatable bonds is 1. The van der Waals surface area contributed by atoms with Gasteiger partial charge < -0.3 is 0 Å². The SMILES string of the molecule is CC(C)(C)c1cnn(-c2cccc(Cl)c2)c1. The van der Waals surface area contributed by atoms with Crippen molar-refractivity contribution in [2.75, 3.05) is 0 Å². The Morgan fingerprint density at radius 1 is 1.25 bits per heavy atom. The van der Waals surface area contributed by atoms with Crippen molar-refractivity contribution in [1.29, 1.82) is 0 Å². The highest BCUT2D eigenvalue weighted by atomic mass is 35.5. The molecule has 0 aliphatic carbocycles. The molecule has 0 atom stereocenters. The van der Waals surface area contributed by atoms with Crippen molar-refractivity contribution in [3.05, 3.63) is 47.2 Å². The molecule has 0 bridgehead atoms. The zero-order chi connectivity index (χ0) is 11.8. The van der Waals surface area contributed by atoms with Crippen LogP contribution < -0.4 is 0 Å². The van der Waals surface area contributed by atoms with E-state index in [1.807, 2.05) is 41.3 Å². The molecule has 16 heavy (non-hydrogen) atoms. The minimum Gasteiger partial charge on any atom is -0.241 e. The molecule has 1 heterocycles. The van der Waals surface area contributed by atoms with Crippen molar-refractivity contribution in [2.45, 2.75) is 26.2 Å². The van der Waals surface area contributed by atoms with Gasteiger partial charge in [-0.25, -0.2) is 4.68 Å². The first kappa shape index (κ1) is 11.2. The molecular formula is C13H15ClN2. The van der Waals surface area contributed by atoms with Crippen molar-refractivity contribution in [1.82, 2.24) is 9.78 Å². The standard InChI is InChI=1S/C13H15ClN2/c1-13(2,3)10-8-15-16(9-10)12-6-4-5-11(14)7-12/h4-9H,1-3H3. The van der Waals surface area contributed by atoms with Crippen molar-refractivity contribution in [2.24, 2.45) is 0 Å². The lowest BCUT2D eigenvalue weighted by Gasteiger charge is -2.15. The first-order valence-electron chi connectivity index (χ1n) is 5.28. The summed E-state index contributed by atoms with van der Waals surface area (Å²) in [6, 6.07) is 7.68. The molecule has 0 N–H and O–H groups in total. The molecule has 1 aromatic carbocycles. The van der Waals surface area contributed by atoms with Crippen LogP contribution in [0.25, 0.3) is 5.69 Å². The summed E-state index contributed by atoms with van der Waals surface area (Å²) in [5.41, 5.74) is 2.33. The Kier molecular flexibility index (Phi) is 2.76. The molecule has 2 rings (SSSR count). The summed E-state index contributed by atoms with van der Waals surface area (Å²) in [5, 5.41) is 5.08. The summed E-state index contributed by atoms with van der Waals surface area (Å²) in [6.45, 7) is 6.52. The fraction of sp³-hybridized carbons (Fsp3) is 0.308. The molecule has 84 valence electrons. The van der Waals surface area contributed by atoms with Crippen molar-refractivity contribution in [3.8, 4) is 5.69 Å². The highest BCUT2D eigenvalue weighted by Crippen LogP contribution is 2.23. The van der Waals surface area contributed by atoms with Gasteiger partial charge in [-0.3, -0.25) is 0 Å². The molecule has 0 saturated carbocycles. The molecule has 0 saturated heterocycles. The van der Waals surface area contributed by atoms with E-state index in [9.17, 15) is 0 Å². The number of nitrogens with zero attached hydrogens (tertiary/aromatic N) is 2. The van der Waals surface area contributed by atoms with Crippen LogP contribution in [0.2, 0.25) is 5.02 Å². The van der Waals surface area contributed by atoms with Gasteiger partial charge in [-0.15, -0.1) is 0 Å². The number of benzene rings is 1. The monoisotopic (exact) mass is 234 g/mol. The molecule has 0 aliphatic heterocycles. The van der Waals surface area contributed by atoms with Crippen molar-refractivity contribution < 1.29 is 0 Å². The Hall–Kier alpha value is -1.28. The van der Waals surface area contributed by atoms with Gasteiger partial charge in [-0.2, -0.15) is 5.10 Å². The van der Waals surface area contributed by atoms with Gasteiger partial charge in [0.05, 0.1) is 11.9 Å². The summed E-state index contributed by atoms with van der Waals surface area (Å²) in [7, 11) is 0. The van der Waals surface area contributed by atoms with E-state index in [1.165, 1.54) is 5.56 Å². The smallest absolute Gasteiger partial charge is 0.0660 e. The molecule has 0 aliphatic rings. The summed E-state index contributed by atoms with van der Waals surface area (Å²) in [5.74, 6) is 0. The van der Waals surface area contributed by atoms with Gasteiger partial charge in [0.15, 0.2) is 0 Å². The molecule has 0 unspecified atom stereocenters. The fourth-order valence-corrected chi connectivity index (χ4v) is 1.65. The zero-order valence-corrected chi connectivity index (χ0v) is 10.5. The van der Waals surface area contributed by atoms with Gasteiger partial charge in [-0.05, 0) is 29.2 Å². The van der Waals surface area contributed by atoms with Gasteiger partial charge in [0.1, 0.15) is 0 Å². The van der Waals surface area contributed by atoms with Gasteiger partial charge in [0, 0.05) is 11.2 Å². The van der Waals surface area contributed by atoms with Crippen LogP contribution >= 0.6 is 11.6 Å². The van der Waals surface area contributed by atoms with E-state index in [2.05, 4.69) is 25.9 Å². The zero-order valence-electron chi connectivity index (χ0n) is 9.74. The molecule has 0 amide bonds. The number of halogens is 1. The Bertz CT molecular complexity index is 495. The van der Waals surface area contributed by atoms with E-state index in [-0.39, 0.29) is 5.41 Å². The molecule has 3 heteroatoms. The average Bonchev–Trinajstić information content (AvgIpc) is 2.65. The normalized spacial score (nSPS) is 11.8. The van der Waals surface area contributed by atoms with E-state index in [0.717, 1.165) is 10.7 Å². The third-order valence-corrected chi connectivity index (χ3v) is 2.76. The highest BCUT2D eigenvalue weighted by molar-refractivity contribution is 6.30. The van der Waals surface area contributed by atoms with Crippen LogP contribution in [0.15, 0.2) is 36.7 Å². The van der Waals surface area contributed by atoms with Crippen LogP contribution in [0.5, 0.6) is 0 Å². The highest BCUT2D eigenvalue weighted by Gasteiger charge is 2.15. The number of hydrogen-bond acceptors (Lipinski definition) is 1. The Morgan fingerprint density at radius 3 is 2.56 bits per heavy atom. The largest absolute Gasteiger partial charge is 0.241 e. The molecular weight excluding hydrogens is 220 g/mol. The Morgan fingerprint density at radius 2 is 2.00 bits per heavy atom. The maximum absolute atomic E-state index is 5.95. The topological polar surface area (TPSA) is 17.8 Å². The number of hydrogen-bond donors (Lipinski definition) is 0. The summed E-state index contributed by atoms with van der Waals surface area (Å²) < 4.78 is 1.85. The van der Waals surface area contributed by atoms with Gasteiger partial charge in [-0.1, -0.05) is 38.4 Å². The Labute approximate surface area is 101 Å². The first-order valence-corrected chi connectivity index (χ1v) is 5.66. The van der Waals surface area contributed by atoms with E-state index in [1.54, 1.807) is 0 Å². The van der Waals surface area contributed by atoms with Crippen LogP contribution in [-0.2, 0) is 5.41 Å². The van der Waals surface area contributed by atoms with Crippen LogP contribution in [0.4, 0.5) is 0 Å². The summed E-state index contributed by atoms with van der Waals surface area (Å²) >= 11 is 5.95. The molecule has 2 aromatic rings. The predicted octanol–water partition coefficient (Wildman–Crippen LogP) is 3.82. The molecule has 1 aromatic heterocycles. The first-order chi connectivity index (χ1) is 7.47. The quantitative estimate of drug-likeness (QED) is 0.734. The molecule has 2 nitrogen and oxygen atoms in total. The second-order valence-electron chi connectivity index (χ2n) is 4.90. The van der Waals surface area contributed by atoms with E-state index in [4.69, 9.17) is 11.6 Å². The van der Waals surface area contributed by atoms with E-state index < -0.39 is 0 Å². The van der Waals surface area contributed by atoms with E-state index in [0.29, 0.717) is 0 Å².